The van der Waals surface area contributed by atoms with Crippen molar-refractivity contribution in [2.75, 3.05) is 0 Å². The van der Waals surface area contributed by atoms with Crippen molar-refractivity contribution in [2.24, 2.45) is 0 Å². The Bertz CT molecular complexity index is 364. The molecular formula is C8H7IN2O. The Morgan fingerprint density at radius 3 is 3.08 bits per heavy atom. The summed E-state index contributed by atoms with van der Waals surface area (Å²) < 4.78 is 2.21. The molecule has 0 aliphatic heterocycles. The number of hydrogen-bond donors (Lipinski definition) is 0. The largest absolute Gasteiger partial charge is 0.268 e. The number of aromatic nitrogens is 2. The van der Waals surface area contributed by atoms with Crippen LogP contribution in [0.5, 0.6) is 0 Å². The molecule has 0 fully saturated rings. The molecule has 1 aromatic rings. The quantitative estimate of drug-likeness (QED) is 0.592. The van der Waals surface area contributed by atoms with Crippen LogP contribution in [0.1, 0.15) is 6.42 Å². The second kappa shape index (κ2) is 4.26. The Kier molecular flexibility index (Phi) is 3.29. The molecule has 0 aliphatic rings. The van der Waals surface area contributed by atoms with Crippen LogP contribution in [0.2, 0.25) is 0 Å². The van der Waals surface area contributed by atoms with E-state index in [1.807, 2.05) is 22.6 Å². The lowest BCUT2D eigenvalue weighted by molar-refractivity contribution is 0.589. The van der Waals surface area contributed by atoms with Crippen LogP contribution in [0.15, 0.2) is 17.1 Å². The number of halogens is 1. The molecule has 0 aromatic carbocycles. The summed E-state index contributed by atoms with van der Waals surface area (Å²) in [5.41, 5.74) is -0.0999. The summed E-state index contributed by atoms with van der Waals surface area (Å²) in [6, 6.07) is 1.53. The van der Waals surface area contributed by atoms with Crippen molar-refractivity contribution < 1.29 is 0 Å². The van der Waals surface area contributed by atoms with E-state index < -0.39 is 0 Å². The van der Waals surface area contributed by atoms with E-state index in [0.29, 0.717) is 13.0 Å². The lowest BCUT2D eigenvalue weighted by Crippen LogP contribution is -2.21. The highest BCUT2D eigenvalue weighted by Gasteiger charge is 1.95. The third kappa shape index (κ3) is 2.34. The fraction of sp³-hybridized carbons (Fsp3) is 0.250. The van der Waals surface area contributed by atoms with Gasteiger partial charge in [-0.3, -0.25) is 4.79 Å². The van der Waals surface area contributed by atoms with Crippen LogP contribution >= 0.6 is 22.6 Å². The van der Waals surface area contributed by atoms with Crippen LogP contribution < -0.4 is 5.56 Å². The lowest BCUT2D eigenvalue weighted by atomic mass is 10.4. The van der Waals surface area contributed by atoms with Gasteiger partial charge in [-0.05, 0) is 22.6 Å². The first kappa shape index (κ1) is 9.26. The molecule has 0 saturated heterocycles. The number of terminal acetylenes is 1. The molecular weight excluding hydrogens is 267 g/mol. The molecule has 1 rings (SSSR count). The summed E-state index contributed by atoms with van der Waals surface area (Å²) in [5.74, 6) is 2.46. The van der Waals surface area contributed by atoms with Crippen LogP contribution in [0.4, 0.5) is 0 Å². The van der Waals surface area contributed by atoms with Crippen molar-refractivity contribution >= 4 is 22.6 Å². The third-order valence-corrected chi connectivity index (χ3v) is 1.89. The highest BCUT2D eigenvalue weighted by Crippen LogP contribution is 1.95. The first-order valence-electron chi connectivity index (χ1n) is 3.40. The molecule has 4 heteroatoms. The summed E-state index contributed by atoms with van der Waals surface area (Å²) in [6.07, 6.45) is 7.23. The minimum atomic E-state index is -0.0999. The summed E-state index contributed by atoms with van der Waals surface area (Å²) in [7, 11) is 0. The Morgan fingerprint density at radius 2 is 2.50 bits per heavy atom. The molecule has 12 heavy (non-hydrogen) atoms. The minimum absolute atomic E-state index is 0.0999. The minimum Gasteiger partial charge on any atom is -0.268 e. The summed E-state index contributed by atoms with van der Waals surface area (Å²) in [4.78, 5) is 11.2. The van der Waals surface area contributed by atoms with Crippen molar-refractivity contribution in [2.45, 2.75) is 13.0 Å². The summed E-state index contributed by atoms with van der Waals surface area (Å²) in [5, 5.41) is 3.92. The fourth-order valence-electron chi connectivity index (χ4n) is 0.750. The van der Waals surface area contributed by atoms with E-state index in [1.54, 1.807) is 6.20 Å². The molecule has 0 atom stereocenters. The number of aryl methyl sites for hydroxylation is 1. The molecule has 0 unspecified atom stereocenters. The second-order valence-electron chi connectivity index (χ2n) is 2.19. The van der Waals surface area contributed by atoms with Crippen LogP contribution in [0, 0.1) is 15.9 Å². The summed E-state index contributed by atoms with van der Waals surface area (Å²) >= 11 is 2.04. The number of nitrogens with zero attached hydrogens (tertiary/aromatic N) is 2. The van der Waals surface area contributed by atoms with E-state index in [1.165, 1.54) is 10.7 Å². The first-order valence-corrected chi connectivity index (χ1v) is 4.48. The molecule has 0 aliphatic carbocycles. The van der Waals surface area contributed by atoms with Gasteiger partial charge in [-0.2, -0.15) is 5.10 Å². The predicted octanol–water partition coefficient (Wildman–Crippen LogP) is 0.871. The maximum absolute atomic E-state index is 11.2. The van der Waals surface area contributed by atoms with Crippen LogP contribution in [0.3, 0.4) is 0 Å². The molecule has 1 heterocycles. The first-order chi connectivity index (χ1) is 5.74. The van der Waals surface area contributed by atoms with Gasteiger partial charge in [0, 0.05) is 16.1 Å². The van der Waals surface area contributed by atoms with E-state index in [-0.39, 0.29) is 5.56 Å². The Balaban J connectivity index is 2.89. The van der Waals surface area contributed by atoms with Gasteiger partial charge in [0.1, 0.15) is 0 Å². The Labute approximate surface area is 83.9 Å². The average molecular weight is 274 g/mol. The third-order valence-electron chi connectivity index (χ3n) is 1.30. The van der Waals surface area contributed by atoms with Gasteiger partial charge < -0.3 is 0 Å². The van der Waals surface area contributed by atoms with Crippen molar-refractivity contribution in [1.29, 1.82) is 0 Å². The van der Waals surface area contributed by atoms with Gasteiger partial charge in [-0.1, -0.05) is 0 Å². The highest BCUT2D eigenvalue weighted by molar-refractivity contribution is 14.1. The Hall–Kier alpha value is -0.830. The van der Waals surface area contributed by atoms with Crippen molar-refractivity contribution in [1.82, 2.24) is 9.78 Å². The van der Waals surface area contributed by atoms with E-state index >= 15 is 0 Å². The lowest BCUT2D eigenvalue weighted by Gasteiger charge is -1.99. The van der Waals surface area contributed by atoms with E-state index in [0.717, 1.165) is 3.57 Å². The van der Waals surface area contributed by atoms with Gasteiger partial charge >= 0.3 is 0 Å². The number of rotatable bonds is 2. The van der Waals surface area contributed by atoms with E-state index in [2.05, 4.69) is 11.0 Å². The van der Waals surface area contributed by atoms with Gasteiger partial charge in [0.15, 0.2) is 0 Å². The topological polar surface area (TPSA) is 34.9 Å². The van der Waals surface area contributed by atoms with Gasteiger partial charge in [-0.25, -0.2) is 4.68 Å². The zero-order valence-corrected chi connectivity index (χ0v) is 8.48. The normalized spacial score (nSPS) is 9.33. The summed E-state index contributed by atoms with van der Waals surface area (Å²) in [6.45, 7) is 0.492. The molecule has 62 valence electrons. The molecule has 0 bridgehead atoms. The zero-order valence-electron chi connectivity index (χ0n) is 6.33. The SMILES string of the molecule is C#CCCn1ncc(I)cc1=O. The highest BCUT2D eigenvalue weighted by atomic mass is 127. The fourth-order valence-corrected chi connectivity index (χ4v) is 1.14. The molecule has 0 radical (unpaired) electrons. The standard InChI is InChI=1S/C8H7IN2O/c1-2-3-4-11-8(12)5-7(9)6-10-11/h1,5-6H,3-4H2. The smallest absolute Gasteiger partial charge is 0.267 e. The zero-order chi connectivity index (χ0) is 8.97. The van der Waals surface area contributed by atoms with Gasteiger partial charge in [0.2, 0.25) is 0 Å². The average Bonchev–Trinajstić information content (AvgIpc) is 2.03. The van der Waals surface area contributed by atoms with Gasteiger partial charge in [0.05, 0.1) is 12.7 Å². The second-order valence-corrected chi connectivity index (χ2v) is 3.43. The van der Waals surface area contributed by atoms with E-state index in [9.17, 15) is 4.79 Å². The monoisotopic (exact) mass is 274 g/mol. The molecule has 0 N–H and O–H groups in total. The molecule has 1 aromatic heterocycles. The molecule has 0 amide bonds. The molecule has 0 spiro atoms. The van der Waals surface area contributed by atoms with Crippen LogP contribution in [-0.2, 0) is 6.54 Å². The van der Waals surface area contributed by atoms with Gasteiger partial charge in [-0.15, -0.1) is 12.3 Å². The predicted molar refractivity (Wildman–Crippen MR) is 54.7 cm³/mol. The number of hydrogen-bond acceptors (Lipinski definition) is 2. The van der Waals surface area contributed by atoms with Crippen molar-refractivity contribution in [3.05, 3.63) is 26.2 Å². The van der Waals surface area contributed by atoms with Crippen LogP contribution in [-0.4, -0.2) is 9.78 Å². The maximum Gasteiger partial charge on any atom is 0.267 e. The van der Waals surface area contributed by atoms with E-state index in [4.69, 9.17) is 6.42 Å². The van der Waals surface area contributed by atoms with Crippen molar-refractivity contribution in [3.8, 4) is 12.3 Å². The Morgan fingerprint density at radius 1 is 1.75 bits per heavy atom. The van der Waals surface area contributed by atoms with Crippen molar-refractivity contribution in [3.63, 3.8) is 0 Å². The molecule has 3 nitrogen and oxygen atoms in total. The molecule has 0 saturated carbocycles. The van der Waals surface area contributed by atoms with Gasteiger partial charge in [0.25, 0.3) is 5.56 Å². The van der Waals surface area contributed by atoms with Crippen LogP contribution in [0.25, 0.3) is 0 Å². The maximum atomic E-state index is 11.2.